The first-order chi connectivity index (χ1) is 11.1. The van der Waals surface area contributed by atoms with Gasteiger partial charge < -0.3 is 15.4 Å². The number of hydrogen-bond acceptors (Lipinski definition) is 2. The molecule has 5 heteroatoms. The summed E-state index contributed by atoms with van der Waals surface area (Å²) in [5, 5.41) is 6.64. The second-order valence-electron chi connectivity index (χ2n) is 6.44. The molecule has 2 N–H and O–H groups in total. The summed E-state index contributed by atoms with van der Waals surface area (Å²) in [6, 6.07) is 7.26. The molecule has 0 aliphatic heterocycles. The molecule has 0 amide bonds. The lowest BCUT2D eigenvalue weighted by atomic mass is 10.1. The highest BCUT2D eigenvalue weighted by molar-refractivity contribution is 5.80. The minimum Gasteiger partial charge on any atom is -0.381 e. The van der Waals surface area contributed by atoms with Gasteiger partial charge >= 0.3 is 0 Å². The molecule has 1 aliphatic rings. The van der Waals surface area contributed by atoms with Gasteiger partial charge in [-0.25, -0.2) is 4.39 Å². The van der Waals surface area contributed by atoms with E-state index in [1.807, 2.05) is 12.1 Å². The Morgan fingerprint density at radius 3 is 2.87 bits per heavy atom. The van der Waals surface area contributed by atoms with Crippen LogP contribution in [0.1, 0.15) is 38.2 Å². The first kappa shape index (κ1) is 17.7. The van der Waals surface area contributed by atoms with Crippen LogP contribution in [0.15, 0.2) is 29.3 Å². The number of nitrogens with zero attached hydrogens (tertiary/aromatic N) is 1. The van der Waals surface area contributed by atoms with E-state index in [1.165, 1.54) is 6.07 Å². The maximum atomic E-state index is 13.8. The summed E-state index contributed by atoms with van der Waals surface area (Å²) in [4.78, 5) is 4.22. The highest BCUT2D eigenvalue weighted by Crippen LogP contribution is 2.41. The SMILES string of the molecule is CN=C(NCCCOCC(C)C)NC1CC1c1ccccc1F. The Bertz CT molecular complexity index is 519. The third-order valence-corrected chi connectivity index (χ3v) is 3.85. The maximum Gasteiger partial charge on any atom is 0.191 e. The van der Waals surface area contributed by atoms with Gasteiger partial charge in [-0.2, -0.15) is 0 Å². The zero-order valence-electron chi connectivity index (χ0n) is 14.3. The number of ether oxygens (including phenoxy) is 1. The van der Waals surface area contributed by atoms with Crippen LogP contribution >= 0.6 is 0 Å². The van der Waals surface area contributed by atoms with Crippen LogP contribution in [0, 0.1) is 11.7 Å². The Morgan fingerprint density at radius 2 is 2.17 bits per heavy atom. The number of nitrogens with one attached hydrogen (secondary N) is 2. The third-order valence-electron chi connectivity index (χ3n) is 3.85. The van der Waals surface area contributed by atoms with E-state index in [4.69, 9.17) is 4.74 Å². The van der Waals surface area contributed by atoms with Crippen molar-refractivity contribution in [3.05, 3.63) is 35.6 Å². The van der Waals surface area contributed by atoms with Crippen LogP contribution in [0.2, 0.25) is 0 Å². The fourth-order valence-electron chi connectivity index (χ4n) is 2.54. The third kappa shape index (κ3) is 5.82. The fourth-order valence-corrected chi connectivity index (χ4v) is 2.54. The molecule has 4 nitrogen and oxygen atoms in total. The van der Waals surface area contributed by atoms with Crippen LogP contribution in [0.3, 0.4) is 0 Å². The van der Waals surface area contributed by atoms with Gasteiger partial charge in [0.15, 0.2) is 5.96 Å². The average molecular weight is 321 g/mol. The molecule has 0 saturated heterocycles. The lowest BCUT2D eigenvalue weighted by molar-refractivity contribution is 0.108. The molecule has 2 rings (SSSR count). The van der Waals surface area contributed by atoms with E-state index in [-0.39, 0.29) is 17.8 Å². The molecule has 0 heterocycles. The summed E-state index contributed by atoms with van der Waals surface area (Å²) >= 11 is 0. The van der Waals surface area contributed by atoms with Crippen molar-refractivity contribution in [1.82, 2.24) is 10.6 Å². The first-order valence-corrected chi connectivity index (χ1v) is 8.41. The summed E-state index contributed by atoms with van der Waals surface area (Å²) in [6.45, 7) is 6.66. The fraction of sp³-hybridized carbons (Fsp3) is 0.611. The second kappa shape index (κ2) is 8.87. The molecule has 0 radical (unpaired) electrons. The number of halogens is 1. The van der Waals surface area contributed by atoms with Crippen LogP contribution in [-0.2, 0) is 4.74 Å². The predicted octanol–water partition coefficient (Wildman–Crippen LogP) is 2.91. The van der Waals surface area contributed by atoms with Gasteiger partial charge in [0.2, 0.25) is 0 Å². The second-order valence-corrected chi connectivity index (χ2v) is 6.44. The smallest absolute Gasteiger partial charge is 0.191 e. The zero-order chi connectivity index (χ0) is 16.7. The number of guanidine groups is 1. The van der Waals surface area contributed by atoms with E-state index in [2.05, 4.69) is 29.5 Å². The minimum absolute atomic E-state index is 0.118. The molecular formula is C18H28FN3O. The molecule has 0 spiro atoms. The van der Waals surface area contributed by atoms with Crippen LogP contribution in [-0.4, -0.2) is 38.8 Å². The molecule has 1 aliphatic carbocycles. The number of rotatable bonds is 8. The van der Waals surface area contributed by atoms with Crippen LogP contribution in [0.25, 0.3) is 0 Å². The largest absolute Gasteiger partial charge is 0.381 e. The molecule has 2 atom stereocenters. The minimum atomic E-state index is -0.118. The van der Waals surface area contributed by atoms with E-state index in [9.17, 15) is 4.39 Å². The summed E-state index contributed by atoms with van der Waals surface area (Å²) in [5.41, 5.74) is 0.794. The molecule has 128 valence electrons. The number of aliphatic imine (C=N–C) groups is 1. The van der Waals surface area contributed by atoms with Crippen LogP contribution in [0.5, 0.6) is 0 Å². The van der Waals surface area contributed by atoms with E-state index in [0.29, 0.717) is 5.92 Å². The van der Waals surface area contributed by atoms with Crippen LogP contribution < -0.4 is 10.6 Å². The summed E-state index contributed by atoms with van der Waals surface area (Å²) < 4.78 is 19.3. The van der Waals surface area contributed by atoms with Gasteiger partial charge in [-0.05, 0) is 30.4 Å². The Labute approximate surface area is 138 Å². The van der Waals surface area contributed by atoms with Gasteiger partial charge in [0.1, 0.15) is 5.82 Å². The van der Waals surface area contributed by atoms with Crippen molar-refractivity contribution in [2.45, 2.75) is 38.6 Å². The van der Waals surface area contributed by atoms with Gasteiger partial charge in [0.25, 0.3) is 0 Å². The lowest BCUT2D eigenvalue weighted by Gasteiger charge is -2.12. The first-order valence-electron chi connectivity index (χ1n) is 8.41. The Balaban J connectivity index is 1.66. The average Bonchev–Trinajstić information content (AvgIpc) is 3.28. The van der Waals surface area contributed by atoms with Gasteiger partial charge in [0, 0.05) is 38.8 Å². The van der Waals surface area contributed by atoms with Gasteiger partial charge in [-0.3, -0.25) is 4.99 Å². The van der Waals surface area contributed by atoms with Crippen molar-refractivity contribution in [3.8, 4) is 0 Å². The standard InChI is InChI=1S/C18H28FN3O/c1-13(2)12-23-10-6-9-21-18(20-3)22-17-11-15(17)14-7-4-5-8-16(14)19/h4-5,7-8,13,15,17H,6,9-12H2,1-3H3,(H2,20,21,22). The monoisotopic (exact) mass is 321 g/mol. The van der Waals surface area contributed by atoms with Gasteiger partial charge in [0.05, 0.1) is 0 Å². The van der Waals surface area contributed by atoms with Crippen molar-refractivity contribution in [2.75, 3.05) is 26.8 Å². The highest BCUT2D eigenvalue weighted by atomic mass is 19.1. The molecule has 0 bridgehead atoms. The molecule has 0 aromatic heterocycles. The lowest BCUT2D eigenvalue weighted by Crippen LogP contribution is -2.39. The molecule has 2 unspecified atom stereocenters. The Hall–Kier alpha value is -1.62. The van der Waals surface area contributed by atoms with E-state index < -0.39 is 0 Å². The number of hydrogen-bond donors (Lipinski definition) is 2. The topological polar surface area (TPSA) is 45.7 Å². The molecule has 23 heavy (non-hydrogen) atoms. The van der Waals surface area contributed by atoms with Crippen LogP contribution in [0.4, 0.5) is 4.39 Å². The molecule has 1 saturated carbocycles. The quantitative estimate of drug-likeness (QED) is 0.440. The van der Waals surface area contributed by atoms with Crippen molar-refractivity contribution >= 4 is 5.96 Å². The van der Waals surface area contributed by atoms with Crippen molar-refractivity contribution in [3.63, 3.8) is 0 Å². The number of benzene rings is 1. The molecule has 1 fully saturated rings. The highest BCUT2D eigenvalue weighted by Gasteiger charge is 2.40. The summed E-state index contributed by atoms with van der Waals surface area (Å²) in [7, 11) is 1.76. The normalized spacial score (nSPS) is 20.7. The van der Waals surface area contributed by atoms with Gasteiger partial charge in [-0.1, -0.05) is 32.0 Å². The van der Waals surface area contributed by atoms with E-state index in [1.54, 1.807) is 13.1 Å². The Morgan fingerprint density at radius 1 is 1.39 bits per heavy atom. The van der Waals surface area contributed by atoms with E-state index in [0.717, 1.165) is 44.1 Å². The molecule has 1 aromatic rings. The summed E-state index contributed by atoms with van der Waals surface area (Å²) in [6.07, 6.45) is 1.88. The van der Waals surface area contributed by atoms with E-state index >= 15 is 0 Å². The Kier molecular flexibility index (Phi) is 6.84. The maximum absolute atomic E-state index is 13.8. The van der Waals surface area contributed by atoms with Crippen molar-refractivity contribution in [2.24, 2.45) is 10.9 Å². The molecule has 1 aromatic carbocycles. The van der Waals surface area contributed by atoms with Crippen molar-refractivity contribution < 1.29 is 9.13 Å². The van der Waals surface area contributed by atoms with Crippen molar-refractivity contribution in [1.29, 1.82) is 0 Å². The summed E-state index contributed by atoms with van der Waals surface area (Å²) in [5.74, 6) is 1.47. The predicted molar refractivity (Wildman–Crippen MR) is 92.3 cm³/mol. The van der Waals surface area contributed by atoms with Gasteiger partial charge in [-0.15, -0.1) is 0 Å². The zero-order valence-corrected chi connectivity index (χ0v) is 14.3. The molecular weight excluding hydrogens is 293 g/mol.